The molecule has 2 aliphatic rings. The van der Waals surface area contributed by atoms with E-state index in [4.69, 9.17) is 15.6 Å². The van der Waals surface area contributed by atoms with Crippen molar-refractivity contribution in [3.8, 4) is 0 Å². The van der Waals surface area contributed by atoms with Crippen molar-refractivity contribution in [3.63, 3.8) is 0 Å². The SMILES string of the molecule is CC(CCO)NC(=O)C1(N)C2CCOC2C1(C)C. The minimum absolute atomic E-state index is 0.0555. The van der Waals surface area contributed by atoms with E-state index in [0.29, 0.717) is 13.0 Å². The number of ether oxygens (including phenoxy) is 1. The van der Waals surface area contributed by atoms with Crippen LogP contribution in [-0.4, -0.2) is 41.9 Å². The van der Waals surface area contributed by atoms with Gasteiger partial charge in [-0.1, -0.05) is 13.8 Å². The standard InChI is InChI=1S/C13H24N2O3/c1-8(4-6-16)15-11(17)13(14)9-5-7-18-10(9)12(13,2)3/h8-10,16H,4-7,14H2,1-3H3,(H,15,17). The maximum atomic E-state index is 12.4. The molecular formula is C13H24N2O3. The largest absolute Gasteiger partial charge is 0.396 e. The van der Waals surface area contributed by atoms with Crippen molar-refractivity contribution in [2.45, 2.75) is 51.3 Å². The highest BCUT2D eigenvalue weighted by molar-refractivity contribution is 5.89. The average Bonchev–Trinajstić information content (AvgIpc) is 2.75. The molecule has 1 saturated carbocycles. The Morgan fingerprint density at radius 2 is 2.28 bits per heavy atom. The summed E-state index contributed by atoms with van der Waals surface area (Å²) in [5.41, 5.74) is 5.21. The van der Waals surface area contributed by atoms with Crippen molar-refractivity contribution >= 4 is 5.91 Å². The number of aliphatic hydroxyl groups excluding tert-OH is 1. The fourth-order valence-corrected chi connectivity index (χ4v) is 3.45. The average molecular weight is 256 g/mol. The number of hydrogen-bond donors (Lipinski definition) is 3. The van der Waals surface area contributed by atoms with Gasteiger partial charge in [-0.3, -0.25) is 4.79 Å². The highest BCUT2D eigenvalue weighted by Crippen LogP contribution is 2.58. The van der Waals surface area contributed by atoms with Crippen LogP contribution in [-0.2, 0) is 9.53 Å². The third-order valence-corrected chi connectivity index (χ3v) is 4.77. The number of nitrogens with one attached hydrogen (secondary N) is 1. The Bertz CT molecular complexity index is 345. The molecule has 0 bridgehead atoms. The van der Waals surface area contributed by atoms with Crippen molar-refractivity contribution < 1.29 is 14.6 Å². The molecule has 2 rings (SSSR count). The van der Waals surface area contributed by atoms with Gasteiger partial charge in [-0.2, -0.15) is 0 Å². The summed E-state index contributed by atoms with van der Waals surface area (Å²) in [4.78, 5) is 12.4. The van der Waals surface area contributed by atoms with Gasteiger partial charge in [-0.05, 0) is 19.8 Å². The van der Waals surface area contributed by atoms with Gasteiger partial charge in [-0.15, -0.1) is 0 Å². The molecule has 0 aromatic rings. The lowest BCUT2D eigenvalue weighted by Crippen LogP contribution is -2.80. The van der Waals surface area contributed by atoms with Crippen LogP contribution in [0.3, 0.4) is 0 Å². The summed E-state index contributed by atoms with van der Waals surface area (Å²) in [6, 6.07) is -0.0555. The molecule has 1 heterocycles. The summed E-state index contributed by atoms with van der Waals surface area (Å²) in [5, 5.41) is 11.8. The van der Waals surface area contributed by atoms with Crippen LogP contribution in [0.4, 0.5) is 0 Å². The topological polar surface area (TPSA) is 84.6 Å². The van der Waals surface area contributed by atoms with E-state index in [0.717, 1.165) is 6.42 Å². The van der Waals surface area contributed by atoms with Crippen LogP contribution < -0.4 is 11.1 Å². The Hall–Kier alpha value is -0.650. The van der Waals surface area contributed by atoms with E-state index < -0.39 is 5.54 Å². The first-order chi connectivity index (χ1) is 8.35. The molecule has 1 aliphatic heterocycles. The number of carbonyl (C=O) groups excluding carboxylic acids is 1. The van der Waals surface area contributed by atoms with Crippen molar-refractivity contribution in [3.05, 3.63) is 0 Å². The lowest BCUT2D eigenvalue weighted by atomic mass is 9.48. The molecule has 0 aromatic carbocycles. The van der Waals surface area contributed by atoms with Gasteiger partial charge in [0.1, 0.15) is 5.54 Å². The summed E-state index contributed by atoms with van der Waals surface area (Å²) in [6.07, 6.45) is 1.50. The van der Waals surface area contributed by atoms with Gasteiger partial charge < -0.3 is 20.9 Å². The Labute approximate surface area is 108 Å². The van der Waals surface area contributed by atoms with Crippen molar-refractivity contribution in [1.29, 1.82) is 0 Å². The van der Waals surface area contributed by atoms with Gasteiger partial charge in [0, 0.05) is 30.6 Å². The van der Waals surface area contributed by atoms with Crippen LogP contribution in [0.25, 0.3) is 0 Å². The molecule has 104 valence electrons. The quantitative estimate of drug-likeness (QED) is 0.662. The smallest absolute Gasteiger partial charge is 0.241 e. The van der Waals surface area contributed by atoms with E-state index in [9.17, 15) is 4.79 Å². The molecule has 0 radical (unpaired) electrons. The monoisotopic (exact) mass is 256 g/mol. The molecule has 1 aliphatic carbocycles. The lowest BCUT2D eigenvalue weighted by Gasteiger charge is -2.60. The fraction of sp³-hybridized carbons (Fsp3) is 0.923. The van der Waals surface area contributed by atoms with E-state index in [1.807, 2.05) is 20.8 Å². The summed E-state index contributed by atoms with van der Waals surface area (Å²) in [5.74, 6) is 0.00836. The number of carbonyl (C=O) groups is 1. The van der Waals surface area contributed by atoms with Gasteiger partial charge in [0.25, 0.3) is 0 Å². The van der Waals surface area contributed by atoms with Gasteiger partial charge in [0.05, 0.1) is 6.10 Å². The number of fused-ring (bicyclic) bond motifs is 1. The third-order valence-electron chi connectivity index (χ3n) is 4.77. The zero-order valence-electron chi connectivity index (χ0n) is 11.4. The number of hydrogen-bond acceptors (Lipinski definition) is 4. The molecule has 0 aromatic heterocycles. The number of rotatable bonds is 4. The Kier molecular flexibility index (Phi) is 3.42. The van der Waals surface area contributed by atoms with E-state index >= 15 is 0 Å². The van der Waals surface area contributed by atoms with Crippen molar-refractivity contribution in [2.75, 3.05) is 13.2 Å². The van der Waals surface area contributed by atoms with Crippen LogP contribution in [0.5, 0.6) is 0 Å². The molecule has 0 spiro atoms. The van der Waals surface area contributed by atoms with Crippen LogP contribution in [0, 0.1) is 11.3 Å². The van der Waals surface area contributed by atoms with E-state index in [-0.39, 0.29) is 36.0 Å². The summed E-state index contributed by atoms with van der Waals surface area (Å²) < 4.78 is 5.67. The summed E-state index contributed by atoms with van der Waals surface area (Å²) >= 11 is 0. The Morgan fingerprint density at radius 3 is 2.89 bits per heavy atom. The molecule has 5 heteroatoms. The predicted octanol–water partition coefficient (Wildman–Crippen LogP) is 0.0159. The molecule has 2 fully saturated rings. The van der Waals surface area contributed by atoms with Crippen LogP contribution in [0.15, 0.2) is 0 Å². The van der Waals surface area contributed by atoms with Crippen LogP contribution in [0.1, 0.15) is 33.6 Å². The highest BCUT2D eigenvalue weighted by Gasteiger charge is 2.71. The van der Waals surface area contributed by atoms with Crippen LogP contribution in [0.2, 0.25) is 0 Å². The Morgan fingerprint density at radius 1 is 1.61 bits per heavy atom. The molecule has 18 heavy (non-hydrogen) atoms. The Balaban J connectivity index is 2.09. The summed E-state index contributed by atoms with van der Waals surface area (Å²) in [6.45, 7) is 6.63. The molecule has 1 saturated heterocycles. The second-order valence-corrected chi connectivity index (χ2v) is 6.16. The number of nitrogens with two attached hydrogens (primary N) is 1. The van der Waals surface area contributed by atoms with Gasteiger partial charge in [0.15, 0.2) is 0 Å². The predicted molar refractivity (Wildman–Crippen MR) is 67.9 cm³/mol. The lowest BCUT2D eigenvalue weighted by molar-refractivity contribution is -0.175. The zero-order valence-corrected chi connectivity index (χ0v) is 11.4. The molecule has 1 amide bonds. The van der Waals surface area contributed by atoms with Gasteiger partial charge in [-0.25, -0.2) is 0 Å². The van der Waals surface area contributed by atoms with Crippen molar-refractivity contribution in [1.82, 2.24) is 5.32 Å². The molecule has 4 atom stereocenters. The maximum absolute atomic E-state index is 12.4. The molecular weight excluding hydrogens is 232 g/mol. The van der Waals surface area contributed by atoms with Gasteiger partial charge in [0.2, 0.25) is 5.91 Å². The maximum Gasteiger partial charge on any atom is 0.241 e. The van der Waals surface area contributed by atoms with E-state index in [2.05, 4.69) is 5.32 Å². The normalized spacial score (nSPS) is 38.7. The minimum atomic E-state index is -0.849. The van der Waals surface area contributed by atoms with E-state index in [1.165, 1.54) is 0 Å². The van der Waals surface area contributed by atoms with Crippen LogP contribution >= 0.6 is 0 Å². The molecule has 4 unspecified atom stereocenters. The third kappa shape index (κ3) is 1.68. The van der Waals surface area contributed by atoms with Crippen molar-refractivity contribution in [2.24, 2.45) is 17.1 Å². The first-order valence-electron chi connectivity index (χ1n) is 6.68. The van der Waals surface area contributed by atoms with E-state index in [1.54, 1.807) is 0 Å². The minimum Gasteiger partial charge on any atom is -0.396 e. The zero-order chi connectivity index (χ0) is 13.6. The second kappa shape index (κ2) is 4.47. The second-order valence-electron chi connectivity index (χ2n) is 6.16. The van der Waals surface area contributed by atoms with Gasteiger partial charge >= 0.3 is 0 Å². The number of aliphatic hydroxyl groups is 1. The molecule has 5 nitrogen and oxygen atoms in total. The fourth-order valence-electron chi connectivity index (χ4n) is 3.45. The highest BCUT2D eigenvalue weighted by atomic mass is 16.5. The molecule has 4 N–H and O–H groups in total. The first-order valence-corrected chi connectivity index (χ1v) is 6.68. The summed E-state index contributed by atoms with van der Waals surface area (Å²) in [7, 11) is 0. The number of amides is 1. The first kappa shape index (κ1) is 13.8.